The Kier molecular flexibility index (Phi) is 8.39. The van der Waals surface area contributed by atoms with Crippen molar-refractivity contribution in [2.45, 2.75) is 52.9 Å². The second-order valence-electron chi connectivity index (χ2n) is 11.4. The third-order valence-electron chi connectivity index (χ3n) is 6.99. The molecule has 2 heterocycles. The van der Waals surface area contributed by atoms with Gasteiger partial charge in [0.25, 0.3) is 0 Å². The van der Waals surface area contributed by atoms with Crippen LogP contribution in [-0.4, -0.2) is 74.3 Å². The van der Waals surface area contributed by atoms with Crippen LogP contribution in [0.5, 0.6) is 0 Å². The van der Waals surface area contributed by atoms with Crippen LogP contribution in [0.15, 0.2) is 24.3 Å². The maximum atomic E-state index is 13.2. The van der Waals surface area contributed by atoms with Gasteiger partial charge in [-0.15, -0.1) is 0 Å². The molecule has 2 saturated heterocycles. The van der Waals surface area contributed by atoms with Gasteiger partial charge >= 0.3 is 0 Å². The van der Waals surface area contributed by atoms with E-state index in [0.29, 0.717) is 44.9 Å². The van der Waals surface area contributed by atoms with Gasteiger partial charge in [-0.2, -0.15) is 0 Å². The highest BCUT2D eigenvalue weighted by Gasteiger charge is 2.38. The Bertz CT molecular complexity index is 888. The van der Waals surface area contributed by atoms with E-state index >= 15 is 0 Å². The molecule has 7 heteroatoms. The van der Waals surface area contributed by atoms with Crippen LogP contribution in [0.3, 0.4) is 0 Å². The number of nitrogens with zero attached hydrogens (tertiary/aromatic N) is 3. The van der Waals surface area contributed by atoms with Gasteiger partial charge in [0.1, 0.15) is 0 Å². The molecule has 3 amide bonds. The molecule has 0 bridgehead atoms. The molecule has 1 atom stereocenters. The van der Waals surface area contributed by atoms with Crippen LogP contribution in [-0.2, 0) is 14.4 Å². The molecular weight excluding hydrogens is 428 g/mol. The molecule has 188 valence electrons. The summed E-state index contributed by atoms with van der Waals surface area (Å²) in [4.78, 5) is 44.3. The minimum Gasteiger partial charge on any atom is -0.355 e. The Labute approximate surface area is 204 Å². The van der Waals surface area contributed by atoms with E-state index in [1.54, 1.807) is 4.90 Å². The van der Waals surface area contributed by atoms with Gasteiger partial charge in [-0.05, 0) is 56.0 Å². The number of anilines is 1. The van der Waals surface area contributed by atoms with E-state index in [4.69, 9.17) is 0 Å². The normalized spacial score (nSPS) is 19.9. The van der Waals surface area contributed by atoms with Crippen molar-refractivity contribution in [3.05, 3.63) is 29.8 Å². The number of rotatable bonds is 8. The first kappa shape index (κ1) is 26.2. The maximum Gasteiger partial charge on any atom is 0.228 e. The lowest BCUT2D eigenvalue weighted by Gasteiger charge is -2.34. The number of hydrogen-bond donors (Lipinski definition) is 1. The average Bonchev–Trinajstić information content (AvgIpc) is 3.18. The van der Waals surface area contributed by atoms with Crippen molar-refractivity contribution in [2.24, 2.45) is 17.3 Å². The van der Waals surface area contributed by atoms with Gasteiger partial charge < -0.3 is 20.0 Å². The Morgan fingerprint density at radius 3 is 2.44 bits per heavy atom. The highest BCUT2D eigenvalue weighted by molar-refractivity contribution is 6.00. The van der Waals surface area contributed by atoms with E-state index in [0.717, 1.165) is 12.2 Å². The SMILES string of the molecule is CC(C)c1cccc(N2CC(C(=O)N3CCC(C(=O)NCC(C)(C)CN(C)C)CC3)CC2=O)c1. The number of carbonyl (C=O) groups is 3. The summed E-state index contributed by atoms with van der Waals surface area (Å²) >= 11 is 0. The molecule has 1 aromatic carbocycles. The minimum absolute atomic E-state index is 0.00536. The Morgan fingerprint density at radius 2 is 1.82 bits per heavy atom. The summed E-state index contributed by atoms with van der Waals surface area (Å²) in [5.41, 5.74) is 2.07. The molecule has 3 rings (SSSR count). The second-order valence-corrected chi connectivity index (χ2v) is 11.4. The third kappa shape index (κ3) is 6.59. The Balaban J connectivity index is 1.50. The number of benzene rings is 1. The monoisotopic (exact) mass is 470 g/mol. The van der Waals surface area contributed by atoms with Crippen LogP contribution < -0.4 is 10.2 Å². The number of hydrogen-bond acceptors (Lipinski definition) is 4. The van der Waals surface area contributed by atoms with Crippen molar-refractivity contribution in [3.8, 4) is 0 Å². The summed E-state index contributed by atoms with van der Waals surface area (Å²) in [7, 11) is 4.08. The predicted octanol–water partition coefficient (Wildman–Crippen LogP) is 3.11. The average molecular weight is 471 g/mol. The fourth-order valence-electron chi connectivity index (χ4n) is 5.18. The van der Waals surface area contributed by atoms with Gasteiger partial charge in [-0.3, -0.25) is 14.4 Å². The Hall–Kier alpha value is -2.41. The lowest BCUT2D eigenvalue weighted by Crippen LogP contribution is -2.47. The first-order chi connectivity index (χ1) is 16.0. The fraction of sp³-hybridized carbons (Fsp3) is 0.667. The third-order valence-corrected chi connectivity index (χ3v) is 6.99. The quantitative estimate of drug-likeness (QED) is 0.634. The number of amides is 3. The zero-order chi connectivity index (χ0) is 25.0. The molecule has 1 N–H and O–H groups in total. The van der Waals surface area contributed by atoms with Crippen LogP contribution >= 0.6 is 0 Å². The lowest BCUT2D eigenvalue weighted by molar-refractivity contribution is -0.139. The van der Waals surface area contributed by atoms with Gasteiger partial charge in [0.05, 0.1) is 5.92 Å². The van der Waals surface area contributed by atoms with Gasteiger partial charge in [-0.1, -0.05) is 39.8 Å². The molecule has 34 heavy (non-hydrogen) atoms. The first-order valence-corrected chi connectivity index (χ1v) is 12.6. The molecule has 0 aliphatic carbocycles. The topological polar surface area (TPSA) is 73.0 Å². The summed E-state index contributed by atoms with van der Waals surface area (Å²) in [5.74, 6) is 0.154. The van der Waals surface area contributed by atoms with E-state index in [2.05, 4.69) is 50.0 Å². The number of carbonyl (C=O) groups excluding carboxylic acids is 3. The highest BCUT2D eigenvalue weighted by Crippen LogP contribution is 2.30. The minimum atomic E-state index is -0.313. The molecule has 0 radical (unpaired) electrons. The van der Waals surface area contributed by atoms with E-state index < -0.39 is 0 Å². The Morgan fingerprint density at radius 1 is 1.15 bits per heavy atom. The summed E-state index contributed by atoms with van der Waals surface area (Å²) in [6.45, 7) is 11.7. The molecule has 1 unspecified atom stereocenters. The van der Waals surface area contributed by atoms with Crippen molar-refractivity contribution in [1.29, 1.82) is 0 Å². The lowest BCUT2D eigenvalue weighted by atomic mass is 9.91. The van der Waals surface area contributed by atoms with Crippen molar-refractivity contribution in [1.82, 2.24) is 15.1 Å². The van der Waals surface area contributed by atoms with Crippen molar-refractivity contribution >= 4 is 23.4 Å². The van der Waals surface area contributed by atoms with E-state index in [1.807, 2.05) is 31.1 Å². The molecule has 7 nitrogen and oxygen atoms in total. The van der Waals surface area contributed by atoms with Crippen LogP contribution in [0.2, 0.25) is 0 Å². The van der Waals surface area contributed by atoms with Crippen LogP contribution in [0.4, 0.5) is 5.69 Å². The van der Waals surface area contributed by atoms with E-state index in [1.165, 1.54) is 5.56 Å². The summed E-state index contributed by atoms with van der Waals surface area (Å²) in [5, 5.41) is 3.12. The van der Waals surface area contributed by atoms with E-state index in [-0.39, 0.29) is 41.4 Å². The molecule has 2 aliphatic rings. The van der Waals surface area contributed by atoms with Gasteiger partial charge in [0.15, 0.2) is 0 Å². The van der Waals surface area contributed by atoms with Crippen molar-refractivity contribution in [3.63, 3.8) is 0 Å². The molecule has 0 spiro atoms. The van der Waals surface area contributed by atoms with E-state index in [9.17, 15) is 14.4 Å². The number of piperidine rings is 1. The highest BCUT2D eigenvalue weighted by atomic mass is 16.2. The summed E-state index contributed by atoms with van der Waals surface area (Å²) in [6.07, 6.45) is 1.60. The smallest absolute Gasteiger partial charge is 0.228 e. The van der Waals surface area contributed by atoms with Crippen molar-refractivity contribution < 1.29 is 14.4 Å². The zero-order valence-electron chi connectivity index (χ0n) is 21.8. The van der Waals surface area contributed by atoms with Gasteiger partial charge in [-0.25, -0.2) is 0 Å². The standard InChI is InChI=1S/C27H42N4O3/c1-19(2)21-8-7-9-23(14-21)31-16-22(15-24(31)32)26(34)30-12-10-20(11-13-30)25(33)28-17-27(3,4)18-29(5)6/h7-9,14,19-20,22H,10-13,15-18H2,1-6H3,(H,28,33). The van der Waals surface area contributed by atoms with Gasteiger partial charge in [0.2, 0.25) is 17.7 Å². The first-order valence-electron chi connectivity index (χ1n) is 12.6. The molecule has 2 fully saturated rings. The van der Waals surface area contributed by atoms with Gasteiger partial charge in [0, 0.05) is 50.7 Å². The largest absolute Gasteiger partial charge is 0.355 e. The maximum absolute atomic E-state index is 13.2. The fourth-order valence-corrected chi connectivity index (χ4v) is 5.18. The van der Waals surface area contributed by atoms with Crippen LogP contribution in [0.25, 0.3) is 0 Å². The van der Waals surface area contributed by atoms with Crippen LogP contribution in [0, 0.1) is 17.3 Å². The summed E-state index contributed by atoms with van der Waals surface area (Å²) < 4.78 is 0. The molecule has 2 aliphatic heterocycles. The molecular formula is C27H42N4O3. The van der Waals surface area contributed by atoms with Crippen molar-refractivity contribution in [2.75, 3.05) is 51.7 Å². The molecule has 0 saturated carbocycles. The zero-order valence-corrected chi connectivity index (χ0v) is 21.8. The number of likely N-dealkylation sites (tertiary alicyclic amines) is 1. The second kappa shape index (κ2) is 10.9. The summed E-state index contributed by atoms with van der Waals surface area (Å²) in [6, 6.07) is 8.05. The predicted molar refractivity (Wildman–Crippen MR) is 136 cm³/mol. The molecule has 1 aromatic rings. The number of nitrogens with one attached hydrogen (secondary N) is 1. The molecule has 0 aromatic heterocycles. The van der Waals surface area contributed by atoms with Crippen LogP contribution in [0.1, 0.15) is 58.4 Å².